The summed E-state index contributed by atoms with van der Waals surface area (Å²) in [6, 6.07) is 15.7. The summed E-state index contributed by atoms with van der Waals surface area (Å²) in [5, 5.41) is 10.5. The van der Waals surface area contributed by atoms with Crippen molar-refractivity contribution in [3.05, 3.63) is 65.2 Å². The van der Waals surface area contributed by atoms with Crippen molar-refractivity contribution in [3.8, 4) is 5.75 Å². The molecule has 20 heavy (non-hydrogen) atoms. The molecule has 2 aromatic carbocycles. The van der Waals surface area contributed by atoms with Crippen LogP contribution in [0.25, 0.3) is 0 Å². The van der Waals surface area contributed by atoms with Crippen LogP contribution >= 0.6 is 0 Å². The standard InChI is InChI=1S/C17H18O3/c1-17(18)15-6-4-3-5-13(15)11-16(20-17)12-7-9-14(19-2)10-8-12/h3-10,16,18H,11H2,1-2H3/t16-,17+/m0/s1. The van der Waals surface area contributed by atoms with Crippen LogP contribution in [0.2, 0.25) is 0 Å². The second-order valence-electron chi connectivity index (χ2n) is 5.22. The fourth-order valence-corrected chi connectivity index (χ4v) is 2.74. The molecule has 0 unspecified atom stereocenters. The van der Waals surface area contributed by atoms with E-state index in [1.54, 1.807) is 14.0 Å². The number of ether oxygens (including phenoxy) is 2. The van der Waals surface area contributed by atoms with E-state index in [1.807, 2.05) is 48.5 Å². The Kier molecular flexibility index (Phi) is 3.24. The molecule has 0 saturated carbocycles. The van der Waals surface area contributed by atoms with Gasteiger partial charge >= 0.3 is 0 Å². The minimum Gasteiger partial charge on any atom is -0.497 e. The van der Waals surface area contributed by atoms with Gasteiger partial charge in [-0.15, -0.1) is 0 Å². The summed E-state index contributed by atoms with van der Waals surface area (Å²) >= 11 is 0. The molecule has 0 amide bonds. The van der Waals surface area contributed by atoms with Crippen molar-refractivity contribution in [2.24, 2.45) is 0 Å². The van der Waals surface area contributed by atoms with Crippen LogP contribution in [-0.2, 0) is 16.9 Å². The lowest BCUT2D eigenvalue weighted by Crippen LogP contribution is -2.34. The largest absolute Gasteiger partial charge is 0.497 e. The van der Waals surface area contributed by atoms with Crippen LogP contribution in [0.5, 0.6) is 5.75 Å². The Hall–Kier alpha value is -1.84. The first-order chi connectivity index (χ1) is 9.60. The molecular weight excluding hydrogens is 252 g/mol. The van der Waals surface area contributed by atoms with E-state index in [0.717, 1.165) is 28.9 Å². The SMILES string of the molecule is COc1ccc([C@@H]2Cc3ccccc3[C@](C)(O)O2)cc1. The summed E-state index contributed by atoms with van der Waals surface area (Å²) in [7, 11) is 1.65. The quantitative estimate of drug-likeness (QED) is 0.911. The molecule has 3 heteroatoms. The summed E-state index contributed by atoms with van der Waals surface area (Å²) in [5.74, 6) is -0.434. The Morgan fingerprint density at radius 3 is 2.55 bits per heavy atom. The van der Waals surface area contributed by atoms with Gasteiger partial charge < -0.3 is 14.6 Å². The minimum absolute atomic E-state index is 0.147. The lowest BCUT2D eigenvalue weighted by molar-refractivity contribution is -0.237. The lowest BCUT2D eigenvalue weighted by atomic mass is 9.90. The fourth-order valence-electron chi connectivity index (χ4n) is 2.74. The average Bonchev–Trinajstić information content (AvgIpc) is 2.47. The van der Waals surface area contributed by atoms with E-state index in [4.69, 9.17) is 9.47 Å². The summed E-state index contributed by atoms with van der Waals surface area (Å²) in [6.07, 6.45) is 0.615. The average molecular weight is 270 g/mol. The first-order valence-electron chi connectivity index (χ1n) is 6.72. The molecule has 0 radical (unpaired) electrons. The third kappa shape index (κ3) is 2.30. The van der Waals surface area contributed by atoms with Crippen molar-refractivity contribution in [1.29, 1.82) is 0 Å². The Labute approximate surface area is 118 Å². The number of hydrogen-bond donors (Lipinski definition) is 1. The Morgan fingerprint density at radius 1 is 1.15 bits per heavy atom. The van der Waals surface area contributed by atoms with E-state index in [9.17, 15) is 5.11 Å². The Balaban J connectivity index is 1.94. The molecule has 2 aromatic rings. The van der Waals surface area contributed by atoms with E-state index in [0.29, 0.717) is 0 Å². The van der Waals surface area contributed by atoms with Gasteiger partial charge in [-0.2, -0.15) is 0 Å². The summed E-state index contributed by atoms with van der Waals surface area (Å²) in [5.41, 5.74) is 3.02. The Morgan fingerprint density at radius 2 is 1.85 bits per heavy atom. The molecule has 0 aliphatic carbocycles. The third-order valence-corrected chi connectivity index (χ3v) is 3.78. The van der Waals surface area contributed by atoms with E-state index < -0.39 is 5.79 Å². The van der Waals surface area contributed by atoms with Gasteiger partial charge in [-0.1, -0.05) is 36.4 Å². The second-order valence-corrected chi connectivity index (χ2v) is 5.22. The van der Waals surface area contributed by atoms with E-state index in [-0.39, 0.29) is 6.10 Å². The van der Waals surface area contributed by atoms with Crippen LogP contribution in [-0.4, -0.2) is 12.2 Å². The molecule has 2 atom stereocenters. The normalized spacial score (nSPS) is 25.1. The van der Waals surface area contributed by atoms with Crippen molar-refractivity contribution in [2.45, 2.75) is 25.2 Å². The van der Waals surface area contributed by atoms with Crippen LogP contribution < -0.4 is 4.74 Å². The van der Waals surface area contributed by atoms with Gasteiger partial charge in [0.25, 0.3) is 0 Å². The predicted octanol–water partition coefficient (Wildman–Crippen LogP) is 3.17. The number of aliphatic hydroxyl groups is 1. The highest BCUT2D eigenvalue weighted by atomic mass is 16.6. The minimum atomic E-state index is -1.25. The highest BCUT2D eigenvalue weighted by molar-refractivity contribution is 5.36. The monoisotopic (exact) mass is 270 g/mol. The maximum Gasteiger partial charge on any atom is 0.190 e. The molecule has 3 rings (SSSR count). The second kappa shape index (κ2) is 4.93. The van der Waals surface area contributed by atoms with Crippen LogP contribution in [0, 0.1) is 0 Å². The van der Waals surface area contributed by atoms with Gasteiger partial charge in [-0.05, 0) is 30.2 Å². The van der Waals surface area contributed by atoms with E-state index in [1.165, 1.54) is 0 Å². The van der Waals surface area contributed by atoms with Gasteiger partial charge in [-0.25, -0.2) is 0 Å². The zero-order chi connectivity index (χ0) is 14.2. The van der Waals surface area contributed by atoms with Crippen molar-refractivity contribution >= 4 is 0 Å². The number of methoxy groups -OCH3 is 1. The molecule has 1 N–H and O–H groups in total. The van der Waals surface area contributed by atoms with Crippen molar-refractivity contribution < 1.29 is 14.6 Å². The first-order valence-corrected chi connectivity index (χ1v) is 6.72. The van der Waals surface area contributed by atoms with E-state index in [2.05, 4.69) is 0 Å². The van der Waals surface area contributed by atoms with E-state index >= 15 is 0 Å². The van der Waals surface area contributed by atoms with Gasteiger partial charge in [0.2, 0.25) is 0 Å². The molecule has 0 saturated heterocycles. The zero-order valence-electron chi connectivity index (χ0n) is 11.7. The first kappa shape index (κ1) is 13.2. The molecule has 0 aromatic heterocycles. The number of benzene rings is 2. The van der Waals surface area contributed by atoms with Gasteiger partial charge in [0.05, 0.1) is 13.2 Å². The molecule has 0 spiro atoms. The van der Waals surface area contributed by atoms with Crippen molar-refractivity contribution in [3.63, 3.8) is 0 Å². The molecule has 0 fully saturated rings. The number of rotatable bonds is 2. The van der Waals surface area contributed by atoms with Crippen molar-refractivity contribution in [2.75, 3.05) is 7.11 Å². The smallest absolute Gasteiger partial charge is 0.190 e. The topological polar surface area (TPSA) is 38.7 Å². The molecule has 104 valence electrons. The summed E-state index contributed by atoms with van der Waals surface area (Å²) < 4.78 is 11.0. The van der Waals surface area contributed by atoms with Crippen LogP contribution in [0.1, 0.15) is 29.7 Å². The highest BCUT2D eigenvalue weighted by Crippen LogP contribution is 2.39. The van der Waals surface area contributed by atoms with Crippen LogP contribution in [0.3, 0.4) is 0 Å². The van der Waals surface area contributed by atoms with Gasteiger partial charge in [0.1, 0.15) is 5.75 Å². The molecule has 1 aliphatic rings. The highest BCUT2D eigenvalue weighted by Gasteiger charge is 2.35. The van der Waals surface area contributed by atoms with Crippen LogP contribution in [0.15, 0.2) is 48.5 Å². The summed E-state index contributed by atoms with van der Waals surface area (Å²) in [6.45, 7) is 1.70. The van der Waals surface area contributed by atoms with Gasteiger partial charge in [0.15, 0.2) is 5.79 Å². The van der Waals surface area contributed by atoms with Crippen molar-refractivity contribution in [1.82, 2.24) is 0 Å². The van der Waals surface area contributed by atoms with Gasteiger partial charge in [-0.3, -0.25) is 0 Å². The number of fused-ring (bicyclic) bond motifs is 1. The molecule has 0 bridgehead atoms. The number of hydrogen-bond acceptors (Lipinski definition) is 3. The third-order valence-electron chi connectivity index (χ3n) is 3.78. The zero-order valence-corrected chi connectivity index (χ0v) is 11.7. The van der Waals surface area contributed by atoms with Gasteiger partial charge in [0, 0.05) is 12.0 Å². The maximum atomic E-state index is 10.5. The lowest BCUT2D eigenvalue weighted by Gasteiger charge is -2.36. The molecule has 1 aliphatic heterocycles. The molecule has 1 heterocycles. The van der Waals surface area contributed by atoms with Crippen LogP contribution in [0.4, 0.5) is 0 Å². The fraction of sp³-hybridized carbons (Fsp3) is 0.294. The summed E-state index contributed by atoms with van der Waals surface area (Å²) in [4.78, 5) is 0. The maximum absolute atomic E-state index is 10.5. The Bertz CT molecular complexity index is 602. The predicted molar refractivity (Wildman–Crippen MR) is 76.5 cm³/mol. The molecular formula is C17H18O3. The molecule has 3 nitrogen and oxygen atoms in total.